The lowest BCUT2D eigenvalue weighted by Crippen LogP contribution is -2.51. The maximum absolute atomic E-state index is 13.1. The van der Waals surface area contributed by atoms with Gasteiger partial charge in [0, 0.05) is 30.7 Å². The van der Waals surface area contributed by atoms with Gasteiger partial charge < -0.3 is 26.0 Å². The van der Waals surface area contributed by atoms with Crippen molar-refractivity contribution in [3.63, 3.8) is 0 Å². The van der Waals surface area contributed by atoms with Gasteiger partial charge in [-0.2, -0.15) is 0 Å². The fourth-order valence-electron chi connectivity index (χ4n) is 4.82. The third-order valence-electron chi connectivity index (χ3n) is 6.78. The molecule has 186 valence electrons. The maximum Gasteiger partial charge on any atom is 0.315 e. The molecule has 1 aliphatic heterocycles. The van der Waals surface area contributed by atoms with Crippen LogP contribution in [0.2, 0.25) is 0 Å². The first-order valence-electron chi connectivity index (χ1n) is 12.5. The number of para-hydroxylation sites is 1. The number of hydrogen-bond donors (Lipinski definition) is 3. The maximum atomic E-state index is 13.1. The third-order valence-corrected chi connectivity index (χ3v) is 6.78. The van der Waals surface area contributed by atoms with Crippen molar-refractivity contribution in [3.05, 3.63) is 65.2 Å². The predicted molar refractivity (Wildman–Crippen MR) is 133 cm³/mol. The van der Waals surface area contributed by atoms with Crippen LogP contribution in [-0.4, -0.2) is 47.9 Å². The molecule has 0 radical (unpaired) electrons. The van der Waals surface area contributed by atoms with Gasteiger partial charge in [0.2, 0.25) is 0 Å². The molecule has 2 fully saturated rings. The van der Waals surface area contributed by atoms with E-state index >= 15 is 0 Å². The van der Waals surface area contributed by atoms with Gasteiger partial charge in [0.1, 0.15) is 12.4 Å². The predicted octanol–water partition coefficient (Wildman–Crippen LogP) is 3.60. The Bertz CT molecular complexity index is 1040. The van der Waals surface area contributed by atoms with Crippen molar-refractivity contribution in [1.82, 2.24) is 15.5 Å². The molecule has 2 aliphatic rings. The highest BCUT2D eigenvalue weighted by Crippen LogP contribution is 2.21. The molecular weight excluding hydrogens is 444 g/mol. The number of primary amides is 1. The second-order valence-electron chi connectivity index (χ2n) is 9.37. The molecule has 1 heterocycles. The number of nitrogens with two attached hydrogens (primary N) is 1. The van der Waals surface area contributed by atoms with E-state index in [1.807, 2.05) is 23.1 Å². The van der Waals surface area contributed by atoms with E-state index in [4.69, 9.17) is 10.5 Å². The van der Waals surface area contributed by atoms with Crippen LogP contribution in [0.4, 0.5) is 4.79 Å². The van der Waals surface area contributed by atoms with E-state index in [1.54, 1.807) is 30.3 Å². The molecule has 0 bridgehead atoms. The van der Waals surface area contributed by atoms with E-state index < -0.39 is 5.91 Å². The Hall–Kier alpha value is -3.55. The van der Waals surface area contributed by atoms with Crippen LogP contribution in [0, 0.1) is 0 Å². The highest BCUT2D eigenvalue weighted by atomic mass is 16.5. The lowest BCUT2D eigenvalue weighted by atomic mass is 9.96. The number of amides is 4. The molecule has 4 rings (SSSR count). The van der Waals surface area contributed by atoms with Gasteiger partial charge in [0.15, 0.2) is 0 Å². The van der Waals surface area contributed by atoms with Crippen LogP contribution in [0.25, 0.3) is 0 Å². The zero-order valence-electron chi connectivity index (χ0n) is 20.0. The monoisotopic (exact) mass is 478 g/mol. The summed E-state index contributed by atoms with van der Waals surface area (Å²) >= 11 is 0. The van der Waals surface area contributed by atoms with E-state index in [9.17, 15) is 14.4 Å². The minimum Gasteiger partial charge on any atom is -0.488 e. The van der Waals surface area contributed by atoms with Gasteiger partial charge in [-0.05, 0) is 55.5 Å². The van der Waals surface area contributed by atoms with Crippen LogP contribution in [0.3, 0.4) is 0 Å². The molecule has 1 aliphatic carbocycles. The molecule has 0 unspecified atom stereocenters. The van der Waals surface area contributed by atoms with Gasteiger partial charge in [-0.15, -0.1) is 0 Å². The fraction of sp³-hybridized carbons (Fsp3) is 0.444. The largest absolute Gasteiger partial charge is 0.488 e. The normalized spacial score (nSPS) is 17.0. The van der Waals surface area contributed by atoms with E-state index in [0.29, 0.717) is 30.0 Å². The Labute approximate surface area is 206 Å². The molecule has 1 saturated carbocycles. The zero-order chi connectivity index (χ0) is 24.6. The van der Waals surface area contributed by atoms with Gasteiger partial charge in [0.25, 0.3) is 11.8 Å². The van der Waals surface area contributed by atoms with Gasteiger partial charge in [0.05, 0.1) is 5.56 Å². The Morgan fingerprint density at radius 1 is 0.886 bits per heavy atom. The average molecular weight is 479 g/mol. The molecule has 1 saturated heterocycles. The first-order valence-corrected chi connectivity index (χ1v) is 12.5. The number of carbonyl (C=O) groups is 3. The molecular formula is C27H34N4O4. The number of likely N-dealkylation sites (tertiary alicyclic amines) is 1. The van der Waals surface area contributed by atoms with Crippen molar-refractivity contribution in [1.29, 1.82) is 0 Å². The Morgan fingerprint density at radius 3 is 2.29 bits per heavy atom. The lowest BCUT2D eigenvalue weighted by molar-refractivity contribution is 0.0708. The SMILES string of the molecule is NC(=O)c1ccccc1OCc1cccc(C(=O)N2CCC(NC(=O)NC3CCCCC3)CC2)c1. The second-order valence-corrected chi connectivity index (χ2v) is 9.37. The quantitative estimate of drug-likeness (QED) is 0.564. The molecule has 8 heteroatoms. The summed E-state index contributed by atoms with van der Waals surface area (Å²) in [5.41, 5.74) is 7.15. The van der Waals surface area contributed by atoms with Crippen LogP contribution in [0.15, 0.2) is 48.5 Å². The first-order chi connectivity index (χ1) is 17.0. The molecule has 0 atom stereocenters. The van der Waals surface area contributed by atoms with Crippen LogP contribution in [-0.2, 0) is 6.61 Å². The summed E-state index contributed by atoms with van der Waals surface area (Å²) in [4.78, 5) is 38.8. The van der Waals surface area contributed by atoms with Crippen molar-refractivity contribution in [2.24, 2.45) is 5.73 Å². The van der Waals surface area contributed by atoms with Crippen molar-refractivity contribution in [2.45, 2.75) is 63.6 Å². The van der Waals surface area contributed by atoms with Gasteiger partial charge in [-0.1, -0.05) is 43.5 Å². The molecule has 35 heavy (non-hydrogen) atoms. The molecule has 0 spiro atoms. The molecule has 4 amide bonds. The van der Waals surface area contributed by atoms with Gasteiger partial charge >= 0.3 is 6.03 Å². The van der Waals surface area contributed by atoms with Gasteiger partial charge in [-0.25, -0.2) is 4.79 Å². The zero-order valence-corrected chi connectivity index (χ0v) is 20.0. The number of urea groups is 1. The van der Waals surface area contributed by atoms with Crippen molar-refractivity contribution < 1.29 is 19.1 Å². The van der Waals surface area contributed by atoms with E-state index in [1.165, 1.54) is 19.3 Å². The first kappa shape index (κ1) is 24.6. The molecule has 8 nitrogen and oxygen atoms in total. The van der Waals surface area contributed by atoms with Crippen LogP contribution >= 0.6 is 0 Å². The number of nitrogens with one attached hydrogen (secondary N) is 2. The summed E-state index contributed by atoms with van der Waals surface area (Å²) in [6.07, 6.45) is 7.20. The minimum absolute atomic E-state index is 0.0329. The molecule has 4 N–H and O–H groups in total. The number of nitrogens with zero attached hydrogens (tertiary/aromatic N) is 1. The summed E-state index contributed by atoms with van der Waals surface area (Å²) < 4.78 is 5.80. The fourth-order valence-corrected chi connectivity index (χ4v) is 4.82. The third kappa shape index (κ3) is 6.74. The molecule has 0 aromatic heterocycles. The van der Waals surface area contributed by atoms with E-state index in [0.717, 1.165) is 31.2 Å². The Balaban J connectivity index is 1.27. The molecule has 2 aromatic carbocycles. The summed E-state index contributed by atoms with van der Waals surface area (Å²) in [7, 11) is 0. The number of hydrogen-bond acceptors (Lipinski definition) is 4. The second kappa shape index (κ2) is 11.7. The minimum atomic E-state index is -0.547. The number of rotatable bonds is 7. The highest BCUT2D eigenvalue weighted by Gasteiger charge is 2.25. The summed E-state index contributed by atoms with van der Waals surface area (Å²) in [5, 5.41) is 6.18. The van der Waals surface area contributed by atoms with Crippen molar-refractivity contribution in [2.75, 3.05) is 13.1 Å². The van der Waals surface area contributed by atoms with Crippen LogP contribution in [0.5, 0.6) is 5.75 Å². The molecule has 2 aromatic rings. The summed E-state index contributed by atoms with van der Waals surface area (Å²) in [6.45, 7) is 1.41. The summed E-state index contributed by atoms with van der Waals surface area (Å²) in [6, 6.07) is 14.4. The van der Waals surface area contributed by atoms with Crippen molar-refractivity contribution >= 4 is 17.8 Å². The number of carbonyl (C=O) groups excluding carboxylic acids is 3. The standard InChI is InChI=1S/C27H34N4O4/c28-25(32)23-11-4-5-12-24(23)35-18-19-7-6-8-20(17-19)26(33)31-15-13-22(14-16-31)30-27(34)29-21-9-2-1-3-10-21/h4-8,11-12,17,21-22H,1-3,9-10,13-16,18H2,(H2,28,32)(H2,29,30,34). The van der Waals surface area contributed by atoms with Crippen LogP contribution < -0.4 is 21.1 Å². The average Bonchev–Trinajstić information content (AvgIpc) is 2.88. The van der Waals surface area contributed by atoms with Crippen molar-refractivity contribution in [3.8, 4) is 5.75 Å². The van der Waals surface area contributed by atoms with E-state index in [2.05, 4.69) is 10.6 Å². The summed E-state index contributed by atoms with van der Waals surface area (Å²) in [5.74, 6) is -0.165. The number of benzene rings is 2. The highest BCUT2D eigenvalue weighted by molar-refractivity contribution is 5.95. The Morgan fingerprint density at radius 2 is 1.57 bits per heavy atom. The van der Waals surface area contributed by atoms with Crippen LogP contribution in [0.1, 0.15) is 71.2 Å². The Kier molecular flexibility index (Phi) is 8.23. The van der Waals surface area contributed by atoms with Gasteiger partial charge in [-0.3, -0.25) is 9.59 Å². The smallest absolute Gasteiger partial charge is 0.315 e. The lowest BCUT2D eigenvalue weighted by Gasteiger charge is -2.33. The topological polar surface area (TPSA) is 114 Å². The number of piperidine rings is 1. The number of ether oxygens (including phenoxy) is 1. The van der Waals surface area contributed by atoms with E-state index in [-0.39, 0.29) is 30.6 Å².